The first-order valence-corrected chi connectivity index (χ1v) is 10.1. The maximum Gasteiger partial charge on any atom is 0.293 e. The molecule has 0 fully saturated rings. The molecule has 1 aliphatic rings. The predicted octanol–water partition coefficient (Wildman–Crippen LogP) is 3.37. The van der Waals surface area contributed by atoms with Gasteiger partial charge in [0.1, 0.15) is 0 Å². The molecule has 0 saturated carbocycles. The maximum atomic E-state index is 12.9. The van der Waals surface area contributed by atoms with Crippen LogP contribution in [0.2, 0.25) is 0 Å². The van der Waals surface area contributed by atoms with Crippen molar-refractivity contribution in [2.24, 2.45) is 0 Å². The van der Waals surface area contributed by atoms with E-state index in [-0.39, 0.29) is 17.9 Å². The summed E-state index contributed by atoms with van der Waals surface area (Å²) in [4.78, 5) is 31.8. The molecule has 1 amide bonds. The van der Waals surface area contributed by atoms with Crippen LogP contribution in [-0.4, -0.2) is 29.6 Å². The lowest BCUT2D eigenvalue weighted by atomic mass is 9.90. The monoisotopic (exact) mass is 390 g/mol. The summed E-state index contributed by atoms with van der Waals surface area (Å²) in [5.74, 6) is 0.296. The lowest BCUT2D eigenvalue weighted by Gasteiger charge is -2.20. The smallest absolute Gasteiger partial charge is 0.293 e. The van der Waals surface area contributed by atoms with Crippen molar-refractivity contribution in [1.82, 2.24) is 9.55 Å². The van der Waals surface area contributed by atoms with E-state index < -0.39 is 0 Å². The highest BCUT2D eigenvalue weighted by molar-refractivity contribution is 5.91. The number of amides is 1. The van der Waals surface area contributed by atoms with Crippen LogP contribution >= 0.6 is 0 Å². The van der Waals surface area contributed by atoms with E-state index in [1.165, 1.54) is 17.5 Å². The van der Waals surface area contributed by atoms with Gasteiger partial charge in [0.25, 0.3) is 5.56 Å². The van der Waals surface area contributed by atoms with E-state index in [4.69, 9.17) is 0 Å². The van der Waals surface area contributed by atoms with Crippen LogP contribution in [0.1, 0.15) is 30.4 Å². The van der Waals surface area contributed by atoms with Gasteiger partial charge in [-0.1, -0.05) is 24.3 Å². The molecule has 6 nitrogen and oxygen atoms in total. The Kier molecular flexibility index (Phi) is 5.34. The molecule has 2 aromatic carbocycles. The summed E-state index contributed by atoms with van der Waals surface area (Å²) < 4.78 is 1.65. The van der Waals surface area contributed by atoms with Crippen molar-refractivity contribution < 1.29 is 4.79 Å². The summed E-state index contributed by atoms with van der Waals surface area (Å²) in [6.07, 6.45) is 4.67. The molecule has 0 aliphatic heterocycles. The molecule has 4 rings (SSSR count). The number of fused-ring (bicyclic) bond motifs is 2. The number of anilines is 2. The fourth-order valence-corrected chi connectivity index (χ4v) is 4.02. The average Bonchev–Trinajstić information content (AvgIpc) is 2.73. The molecular formula is C23H26N4O2. The number of aromatic nitrogens is 2. The zero-order chi connectivity index (χ0) is 20.4. The molecule has 0 saturated heterocycles. The first kappa shape index (κ1) is 19.2. The van der Waals surface area contributed by atoms with Gasteiger partial charge in [0.05, 0.1) is 11.0 Å². The molecule has 0 radical (unpaired) electrons. The summed E-state index contributed by atoms with van der Waals surface area (Å²) in [5, 5.41) is 3.06. The number of nitrogens with zero attached hydrogens (tertiary/aromatic N) is 3. The SMILES string of the molecule is CN(C)c1nc2ccccc2n(CCC(=O)Nc2cccc3c2CCCC3)c1=O. The molecule has 1 aromatic heterocycles. The van der Waals surface area contributed by atoms with Crippen LogP contribution in [-0.2, 0) is 24.2 Å². The summed E-state index contributed by atoms with van der Waals surface area (Å²) in [5.41, 5.74) is 4.81. The van der Waals surface area contributed by atoms with Gasteiger partial charge >= 0.3 is 0 Å². The van der Waals surface area contributed by atoms with Crippen molar-refractivity contribution in [1.29, 1.82) is 0 Å². The number of nitrogens with one attached hydrogen (secondary N) is 1. The number of hydrogen-bond acceptors (Lipinski definition) is 4. The van der Waals surface area contributed by atoms with Crippen molar-refractivity contribution in [3.63, 3.8) is 0 Å². The van der Waals surface area contributed by atoms with Crippen molar-refractivity contribution in [2.45, 2.75) is 38.6 Å². The van der Waals surface area contributed by atoms with Crippen molar-refractivity contribution in [3.05, 3.63) is 63.9 Å². The summed E-state index contributed by atoms with van der Waals surface area (Å²) in [6.45, 7) is 0.309. The number of benzene rings is 2. The highest BCUT2D eigenvalue weighted by Gasteiger charge is 2.16. The quantitative estimate of drug-likeness (QED) is 0.725. The van der Waals surface area contributed by atoms with Gasteiger partial charge in [-0.3, -0.25) is 9.59 Å². The summed E-state index contributed by atoms with van der Waals surface area (Å²) >= 11 is 0. The molecule has 0 unspecified atom stereocenters. The predicted molar refractivity (Wildman–Crippen MR) is 117 cm³/mol. The molecule has 1 aliphatic carbocycles. The lowest BCUT2D eigenvalue weighted by Crippen LogP contribution is -2.30. The third-order valence-corrected chi connectivity index (χ3v) is 5.49. The topological polar surface area (TPSA) is 67.2 Å². The average molecular weight is 390 g/mol. The third-order valence-electron chi connectivity index (χ3n) is 5.49. The second kappa shape index (κ2) is 8.07. The Labute approximate surface area is 170 Å². The van der Waals surface area contributed by atoms with E-state index in [0.29, 0.717) is 12.4 Å². The van der Waals surface area contributed by atoms with Crippen molar-refractivity contribution in [2.75, 3.05) is 24.3 Å². The highest BCUT2D eigenvalue weighted by atomic mass is 16.2. The Morgan fingerprint density at radius 2 is 1.90 bits per heavy atom. The minimum absolute atomic E-state index is 0.0804. The molecule has 0 atom stereocenters. The fraction of sp³-hybridized carbons (Fsp3) is 0.348. The third kappa shape index (κ3) is 3.88. The molecule has 0 bridgehead atoms. The number of carbonyl (C=O) groups excluding carboxylic acids is 1. The van der Waals surface area contributed by atoms with Gasteiger partial charge < -0.3 is 14.8 Å². The molecular weight excluding hydrogens is 364 g/mol. The van der Waals surface area contributed by atoms with E-state index in [1.807, 2.05) is 36.4 Å². The normalized spacial score (nSPS) is 13.2. The van der Waals surface area contributed by atoms with Gasteiger partial charge in [-0.25, -0.2) is 4.98 Å². The minimum atomic E-state index is -0.182. The van der Waals surface area contributed by atoms with Gasteiger partial charge in [-0.2, -0.15) is 0 Å². The highest BCUT2D eigenvalue weighted by Crippen LogP contribution is 2.28. The van der Waals surface area contributed by atoms with Crippen LogP contribution < -0.4 is 15.8 Å². The van der Waals surface area contributed by atoms with Crippen LogP contribution in [0.25, 0.3) is 11.0 Å². The largest absolute Gasteiger partial charge is 0.358 e. The van der Waals surface area contributed by atoms with Gasteiger partial charge in [-0.15, -0.1) is 0 Å². The Balaban J connectivity index is 1.57. The van der Waals surface area contributed by atoms with E-state index in [2.05, 4.69) is 16.4 Å². The Morgan fingerprint density at radius 1 is 1.10 bits per heavy atom. The zero-order valence-corrected chi connectivity index (χ0v) is 16.9. The van der Waals surface area contributed by atoms with Crippen LogP contribution in [0.15, 0.2) is 47.3 Å². The van der Waals surface area contributed by atoms with E-state index in [1.54, 1.807) is 23.6 Å². The van der Waals surface area contributed by atoms with Gasteiger partial charge in [-0.05, 0) is 55.0 Å². The standard InChI is InChI=1S/C23H26N4O2/c1-26(2)22-23(29)27(20-13-6-5-11-19(20)25-22)15-14-21(28)24-18-12-7-9-16-8-3-4-10-17(16)18/h5-7,9,11-13H,3-4,8,10,14-15H2,1-2H3,(H,24,28). The van der Waals surface area contributed by atoms with Crippen molar-refractivity contribution in [3.8, 4) is 0 Å². The van der Waals surface area contributed by atoms with Crippen LogP contribution in [0, 0.1) is 0 Å². The van der Waals surface area contributed by atoms with Crippen LogP contribution in [0.4, 0.5) is 11.5 Å². The molecule has 150 valence electrons. The van der Waals surface area contributed by atoms with E-state index in [9.17, 15) is 9.59 Å². The zero-order valence-electron chi connectivity index (χ0n) is 16.9. The van der Waals surface area contributed by atoms with Crippen LogP contribution in [0.3, 0.4) is 0 Å². The summed E-state index contributed by atoms with van der Waals surface area (Å²) in [7, 11) is 3.60. The molecule has 6 heteroatoms. The maximum absolute atomic E-state index is 12.9. The minimum Gasteiger partial charge on any atom is -0.358 e. The number of hydrogen-bond donors (Lipinski definition) is 1. The molecule has 1 N–H and O–H groups in total. The van der Waals surface area contributed by atoms with Crippen LogP contribution in [0.5, 0.6) is 0 Å². The Hall–Kier alpha value is -3.15. The van der Waals surface area contributed by atoms with E-state index in [0.717, 1.165) is 36.0 Å². The molecule has 0 spiro atoms. The Bertz CT molecular complexity index is 1120. The van der Waals surface area contributed by atoms with E-state index >= 15 is 0 Å². The number of para-hydroxylation sites is 2. The fourth-order valence-electron chi connectivity index (χ4n) is 4.02. The van der Waals surface area contributed by atoms with Crippen molar-refractivity contribution >= 4 is 28.4 Å². The number of aryl methyl sites for hydroxylation is 2. The molecule has 3 aromatic rings. The summed E-state index contributed by atoms with van der Waals surface area (Å²) in [6, 6.07) is 13.7. The lowest BCUT2D eigenvalue weighted by molar-refractivity contribution is -0.116. The number of rotatable bonds is 5. The van der Waals surface area contributed by atoms with Gasteiger partial charge in [0, 0.05) is 32.7 Å². The molecule has 29 heavy (non-hydrogen) atoms. The first-order valence-electron chi connectivity index (χ1n) is 10.1. The Morgan fingerprint density at radius 3 is 2.72 bits per heavy atom. The van der Waals surface area contributed by atoms with Gasteiger partial charge in [0.15, 0.2) is 5.82 Å². The first-order chi connectivity index (χ1) is 14.0. The molecule has 1 heterocycles. The second-order valence-electron chi connectivity index (χ2n) is 7.72. The number of carbonyl (C=O) groups is 1. The second-order valence-corrected chi connectivity index (χ2v) is 7.72. The van der Waals surface area contributed by atoms with Gasteiger partial charge in [0.2, 0.25) is 5.91 Å².